The van der Waals surface area contributed by atoms with Crippen molar-refractivity contribution >= 4 is 57.2 Å². The molecule has 0 aromatic heterocycles. The Morgan fingerprint density at radius 2 is 1.25 bits per heavy atom. The minimum absolute atomic E-state index is 0. The van der Waals surface area contributed by atoms with Crippen molar-refractivity contribution in [2.45, 2.75) is 6.55 Å². The van der Waals surface area contributed by atoms with Crippen molar-refractivity contribution in [3.05, 3.63) is 0 Å². The van der Waals surface area contributed by atoms with Crippen LogP contribution in [-0.2, 0) is 0 Å². The molecule has 3 heteroatoms. The van der Waals surface area contributed by atoms with Crippen molar-refractivity contribution in [2.75, 3.05) is 0 Å². The summed E-state index contributed by atoms with van der Waals surface area (Å²) in [6.07, 6.45) is 0. The van der Waals surface area contributed by atoms with Gasteiger partial charge in [-0.2, -0.15) is 0 Å². The topological polar surface area (TPSA) is 0 Å². The molecule has 0 aliphatic carbocycles. The van der Waals surface area contributed by atoms with Crippen LogP contribution < -0.4 is 0 Å². The molecule has 0 radical (unpaired) electrons. The molecule has 0 saturated heterocycles. The first-order chi connectivity index (χ1) is 1.00. The average molecular weight is 100 g/mol. The van der Waals surface area contributed by atoms with Crippen molar-refractivity contribution in [3.8, 4) is 0 Å². The van der Waals surface area contributed by atoms with E-state index in [1.54, 1.807) is 0 Å². The van der Waals surface area contributed by atoms with Gasteiger partial charge in [0.1, 0.15) is 0 Å². The summed E-state index contributed by atoms with van der Waals surface area (Å²) in [6, 6.07) is 0. The van der Waals surface area contributed by atoms with Gasteiger partial charge >= 0.3 is 29.6 Å². The normalized spacial score (nSPS) is 2.25. The zero-order valence-electron chi connectivity index (χ0n) is 2.00. The van der Waals surface area contributed by atoms with Gasteiger partial charge in [-0.25, -0.2) is 0 Å². The van der Waals surface area contributed by atoms with E-state index >= 15 is 0 Å². The summed E-state index contributed by atoms with van der Waals surface area (Å²) in [5.74, 6) is 0. The van der Waals surface area contributed by atoms with Crippen LogP contribution in [0.4, 0.5) is 0 Å². The molecule has 0 heterocycles. The second-order valence-corrected chi connectivity index (χ2v) is 0. The van der Waals surface area contributed by atoms with Gasteiger partial charge < -0.3 is 0 Å². The minimum atomic E-state index is 0. The Labute approximate surface area is 63.2 Å². The predicted molar refractivity (Wildman–Crippen MR) is 32.9 cm³/mol. The summed E-state index contributed by atoms with van der Waals surface area (Å²) in [5, 5.41) is 0. The SMILES string of the molecule is C[SiH3].[AlH3].[NaH]. The van der Waals surface area contributed by atoms with E-state index < -0.39 is 0 Å². The predicted octanol–water partition coefficient (Wildman–Crippen LogP) is -2.43. The van der Waals surface area contributed by atoms with Crippen LogP contribution in [-0.4, -0.2) is 57.2 Å². The van der Waals surface area contributed by atoms with Crippen LogP contribution in [0.25, 0.3) is 0 Å². The van der Waals surface area contributed by atoms with Crippen LogP contribution in [0.5, 0.6) is 0 Å². The molecule has 0 aliphatic rings. The molecule has 0 spiro atoms. The molecule has 4 heavy (non-hydrogen) atoms. The van der Waals surface area contributed by atoms with Crippen molar-refractivity contribution in [1.29, 1.82) is 0 Å². The number of hydrogen-bond donors (Lipinski definition) is 0. The van der Waals surface area contributed by atoms with E-state index in [0.717, 1.165) is 0 Å². The van der Waals surface area contributed by atoms with Gasteiger partial charge in [0, 0.05) is 0 Å². The zero-order valence-corrected chi connectivity index (χ0v) is 4.00. The van der Waals surface area contributed by atoms with Crippen LogP contribution in [0.3, 0.4) is 0 Å². The fourth-order valence-electron chi connectivity index (χ4n) is 0. The van der Waals surface area contributed by atoms with Gasteiger partial charge in [-0.15, -0.1) is 0 Å². The Kier molecular flexibility index (Phi) is 93.6. The summed E-state index contributed by atoms with van der Waals surface area (Å²) < 4.78 is 0. The molecule has 22 valence electrons. The molecule has 0 amide bonds. The summed E-state index contributed by atoms with van der Waals surface area (Å²) >= 11 is 0. The molecular weight excluding hydrogens is 90.1 g/mol. The molecule has 0 saturated carbocycles. The van der Waals surface area contributed by atoms with Crippen LogP contribution in [0.15, 0.2) is 0 Å². The van der Waals surface area contributed by atoms with Gasteiger partial charge in [-0.3, -0.25) is 0 Å². The maximum absolute atomic E-state index is 2.14. The van der Waals surface area contributed by atoms with E-state index in [1.807, 2.05) is 0 Å². The molecule has 0 atom stereocenters. The van der Waals surface area contributed by atoms with Gasteiger partial charge in [0.2, 0.25) is 0 Å². The Hall–Kier alpha value is 1.75. The number of hydrogen-bond acceptors (Lipinski definition) is 0. The van der Waals surface area contributed by atoms with Crippen LogP contribution in [0.1, 0.15) is 0 Å². The summed E-state index contributed by atoms with van der Waals surface area (Å²) in [4.78, 5) is 0. The fourth-order valence-corrected chi connectivity index (χ4v) is 0. The van der Waals surface area contributed by atoms with E-state index in [1.165, 1.54) is 10.2 Å². The Morgan fingerprint density at radius 3 is 1.25 bits per heavy atom. The third kappa shape index (κ3) is 9.26. The molecule has 0 unspecified atom stereocenters. The Balaban J connectivity index is -0.00000000500. The maximum atomic E-state index is 2.14. The monoisotopic (exact) mass is 100 g/mol. The van der Waals surface area contributed by atoms with Crippen molar-refractivity contribution in [3.63, 3.8) is 0 Å². The van der Waals surface area contributed by atoms with Gasteiger partial charge in [0.05, 0.1) is 0 Å². The fraction of sp³-hybridized carbons (Fsp3) is 1.00. The van der Waals surface area contributed by atoms with E-state index in [2.05, 4.69) is 6.55 Å². The van der Waals surface area contributed by atoms with Crippen LogP contribution in [0.2, 0.25) is 6.55 Å². The summed E-state index contributed by atoms with van der Waals surface area (Å²) in [6.45, 7) is 2.14. The second-order valence-electron chi connectivity index (χ2n) is 0. The molecule has 0 aliphatic heterocycles. The summed E-state index contributed by atoms with van der Waals surface area (Å²) in [7, 11) is 1.31. The quantitative estimate of drug-likeness (QED) is 0.297. The van der Waals surface area contributed by atoms with Gasteiger partial charge in [0.15, 0.2) is 17.4 Å². The van der Waals surface area contributed by atoms with E-state index in [0.29, 0.717) is 0 Å². The van der Waals surface area contributed by atoms with Gasteiger partial charge in [-0.1, -0.05) is 6.55 Å². The molecule has 0 nitrogen and oxygen atoms in total. The van der Waals surface area contributed by atoms with Crippen molar-refractivity contribution in [2.24, 2.45) is 0 Å². The first-order valence-electron chi connectivity index (χ1n) is 1.00. The number of rotatable bonds is 0. The molecule has 0 fully saturated rings. The molecule has 0 bridgehead atoms. The molecular formula is CH10AlNaSi. The summed E-state index contributed by atoms with van der Waals surface area (Å²) in [5.41, 5.74) is 0. The van der Waals surface area contributed by atoms with E-state index in [4.69, 9.17) is 0 Å². The first-order valence-corrected chi connectivity index (χ1v) is 3.00. The first kappa shape index (κ1) is 17.2. The molecule has 0 N–H and O–H groups in total. The molecule has 0 aromatic rings. The van der Waals surface area contributed by atoms with Gasteiger partial charge in [-0.05, 0) is 10.2 Å². The molecule has 0 rings (SSSR count). The standard InChI is InChI=1S/CH6Si.Al.Na.4H/c1-2;;;;;;/h1-2H3;;;;;;. The van der Waals surface area contributed by atoms with Crippen molar-refractivity contribution < 1.29 is 0 Å². The van der Waals surface area contributed by atoms with E-state index in [-0.39, 0.29) is 46.9 Å². The average Bonchev–Trinajstić information content (AvgIpc) is 1.00. The van der Waals surface area contributed by atoms with Gasteiger partial charge in [0.25, 0.3) is 0 Å². The van der Waals surface area contributed by atoms with Crippen molar-refractivity contribution in [1.82, 2.24) is 0 Å². The third-order valence-electron chi connectivity index (χ3n) is 0. The van der Waals surface area contributed by atoms with Crippen LogP contribution >= 0.6 is 0 Å². The third-order valence-corrected chi connectivity index (χ3v) is 0. The van der Waals surface area contributed by atoms with Crippen LogP contribution in [0, 0.1) is 0 Å². The Bertz CT molecular complexity index is 8.00. The zero-order chi connectivity index (χ0) is 2.00. The second kappa shape index (κ2) is 21.8. The Morgan fingerprint density at radius 1 is 1.25 bits per heavy atom. The molecule has 0 aromatic carbocycles. The van der Waals surface area contributed by atoms with E-state index in [9.17, 15) is 0 Å².